The molecule has 1 saturated carbocycles. The van der Waals surface area contributed by atoms with Crippen molar-refractivity contribution in [1.29, 1.82) is 0 Å². The normalized spacial score (nSPS) is 17.6. The van der Waals surface area contributed by atoms with Gasteiger partial charge in [0.2, 0.25) is 0 Å². The molecule has 0 spiro atoms. The number of benzene rings is 3. The highest BCUT2D eigenvalue weighted by Crippen LogP contribution is 2.45. The number of halogens is 2. The maximum atomic E-state index is 14.5. The Balaban J connectivity index is 1.35. The third-order valence-electron chi connectivity index (χ3n) is 8.21. The van der Waals surface area contributed by atoms with Crippen molar-refractivity contribution >= 4 is 39.5 Å². The van der Waals surface area contributed by atoms with E-state index in [1.165, 1.54) is 12.0 Å². The molecule has 1 aliphatic heterocycles. The Morgan fingerprint density at radius 2 is 1.87 bits per heavy atom. The Labute approximate surface area is 234 Å². The minimum absolute atomic E-state index is 0.305. The fourth-order valence-corrected chi connectivity index (χ4v) is 5.73. The molecular weight excluding hydrogens is 507 g/mol. The number of rotatable bonds is 8. The molecule has 1 aliphatic carbocycles. The average Bonchev–Trinajstić information content (AvgIpc) is 3.70. The molecule has 1 atom stereocenters. The van der Waals surface area contributed by atoms with Gasteiger partial charge >= 0.3 is 0 Å². The largest absolute Gasteiger partial charge is 0.354 e. The number of aromatic nitrogens is 1. The van der Waals surface area contributed by atoms with Gasteiger partial charge in [0, 0.05) is 59.1 Å². The van der Waals surface area contributed by atoms with Crippen molar-refractivity contribution in [2.75, 3.05) is 25.5 Å². The van der Waals surface area contributed by atoms with E-state index in [4.69, 9.17) is 16.6 Å². The summed E-state index contributed by atoms with van der Waals surface area (Å²) in [7, 11) is 2.04. The van der Waals surface area contributed by atoms with E-state index in [2.05, 4.69) is 52.4 Å². The standard InChI is InChI=1S/C33H34ClFN4/c1-20(23-6-7-23)29-17-37-32-11-8-24(25-15-30(34)21(2)31(35)16-25)14-28(32)33(29)38-26-9-4-22(5-10-26)18-39-13-12-27(19-39)36-3/h4-5,8-11,14-17,23,27,36H,1,6-7,12-13,18-19H2,2-3H3,(H,37,38). The zero-order chi connectivity index (χ0) is 27.1. The van der Waals surface area contributed by atoms with Gasteiger partial charge in [0.05, 0.1) is 11.2 Å². The molecule has 0 radical (unpaired) electrons. The first kappa shape index (κ1) is 26.0. The molecular formula is C33H34ClFN4. The summed E-state index contributed by atoms with van der Waals surface area (Å²) < 4.78 is 14.5. The van der Waals surface area contributed by atoms with Crippen LogP contribution in [-0.4, -0.2) is 36.1 Å². The van der Waals surface area contributed by atoms with E-state index in [1.54, 1.807) is 13.0 Å². The second kappa shape index (κ2) is 10.7. The first-order chi connectivity index (χ1) is 18.9. The van der Waals surface area contributed by atoms with Crippen molar-refractivity contribution < 1.29 is 4.39 Å². The molecule has 2 heterocycles. The van der Waals surface area contributed by atoms with Crippen LogP contribution in [0.25, 0.3) is 27.6 Å². The van der Waals surface area contributed by atoms with Crippen molar-refractivity contribution in [3.05, 3.63) is 94.9 Å². The molecule has 39 heavy (non-hydrogen) atoms. The number of hydrogen-bond donors (Lipinski definition) is 2. The number of nitrogens with one attached hydrogen (secondary N) is 2. The van der Waals surface area contributed by atoms with Crippen LogP contribution in [-0.2, 0) is 6.54 Å². The van der Waals surface area contributed by atoms with Crippen molar-refractivity contribution in [3.63, 3.8) is 0 Å². The second-order valence-corrected chi connectivity index (χ2v) is 11.4. The summed E-state index contributed by atoms with van der Waals surface area (Å²) in [5.74, 6) is 0.197. The van der Waals surface area contributed by atoms with Crippen LogP contribution in [0.15, 0.2) is 67.4 Å². The highest BCUT2D eigenvalue weighted by Gasteiger charge is 2.28. The lowest BCUT2D eigenvalue weighted by molar-refractivity contribution is 0.322. The van der Waals surface area contributed by atoms with Gasteiger partial charge in [-0.3, -0.25) is 9.88 Å². The van der Waals surface area contributed by atoms with Crippen LogP contribution < -0.4 is 10.6 Å². The number of likely N-dealkylation sites (N-methyl/N-ethyl adjacent to an activating group) is 1. The maximum Gasteiger partial charge on any atom is 0.128 e. The molecule has 0 amide bonds. The Hall–Kier alpha value is -3.25. The molecule has 1 saturated heterocycles. The van der Waals surface area contributed by atoms with Gasteiger partial charge in [0.1, 0.15) is 5.82 Å². The number of hydrogen-bond acceptors (Lipinski definition) is 4. The summed E-state index contributed by atoms with van der Waals surface area (Å²) in [5.41, 5.74) is 8.43. The molecule has 6 heteroatoms. The lowest BCUT2D eigenvalue weighted by Crippen LogP contribution is -2.29. The van der Waals surface area contributed by atoms with Crippen LogP contribution >= 0.6 is 11.6 Å². The van der Waals surface area contributed by atoms with Gasteiger partial charge in [-0.1, -0.05) is 36.4 Å². The van der Waals surface area contributed by atoms with Gasteiger partial charge in [-0.25, -0.2) is 4.39 Å². The monoisotopic (exact) mass is 540 g/mol. The summed E-state index contributed by atoms with van der Waals surface area (Å²) in [4.78, 5) is 7.27. The van der Waals surface area contributed by atoms with E-state index < -0.39 is 0 Å². The van der Waals surface area contributed by atoms with Crippen LogP contribution in [0.2, 0.25) is 5.02 Å². The van der Waals surface area contributed by atoms with E-state index in [0.29, 0.717) is 22.5 Å². The number of allylic oxidation sites excluding steroid dienone is 1. The molecule has 0 bridgehead atoms. The number of fused-ring (bicyclic) bond motifs is 1. The van der Waals surface area contributed by atoms with Crippen LogP contribution in [0.5, 0.6) is 0 Å². The highest BCUT2D eigenvalue weighted by atomic mass is 35.5. The lowest BCUT2D eigenvalue weighted by Gasteiger charge is -2.18. The van der Waals surface area contributed by atoms with E-state index in [-0.39, 0.29) is 5.82 Å². The molecule has 1 aromatic heterocycles. The third kappa shape index (κ3) is 5.44. The summed E-state index contributed by atoms with van der Waals surface area (Å²) in [6.45, 7) is 9.30. The molecule has 4 nitrogen and oxygen atoms in total. The van der Waals surface area contributed by atoms with Gasteiger partial charge < -0.3 is 10.6 Å². The molecule has 2 N–H and O–H groups in total. The smallest absolute Gasteiger partial charge is 0.128 e. The molecule has 200 valence electrons. The summed E-state index contributed by atoms with van der Waals surface area (Å²) in [5, 5.41) is 8.49. The predicted molar refractivity (Wildman–Crippen MR) is 161 cm³/mol. The van der Waals surface area contributed by atoms with Gasteiger partial charge in [-0.2, -0.15) is 0 Å². The Bertz CT molecular complexity index is 1520. The maximum absolute atomic E-state index is 14.5. The van der Waals surface area contributed by atoms with Gasteiger partial charge in [-0.05, 0) is 97.8 Å². The van der Waals surface area contributed by atoms with Crippen LogP contribution in [0.1, 0.15) is 36.0 Å². The van der Waals surface area contributed by atoms with E-state index >= 15 is 0 Å². The first-order valence-electron chi connectivity index (χ1n) is 13.7. The summed E-state index contributed by atoms with van der Waals surface area (Å²) >= 11 is 6.33. The third-order valence-corrected chi connectivity index (χ3v) is 8.60. The summed E-state index contributed by atoms with van der Waals surface area (Å²) in [6.07, 6.45) is 5.46. The minimum atomic E-state index is -0.305. The molecule has 3 aromatic carbocycles. The topological polar surface area (TPSA) is 40.2 Å². The van der Waals surface area contributed by atoms with E-state index in [9.17, 15) is 4.39 Å². The van der Waals surface area contributed by atoms with Crippen molar-refractivity contribution in [3.8, 4) is 11.1 Å². The number of likely N-dealkylation sites (tertiary alicyclic amines) is 1. The fraction of sp³-hybridized carbons (Fsp3) is 0.303. The predicted octanol–water partition coefficient (Wildman–Crippen LogP) is 7.96. The van der Waals surface area contributed by atoms with Crippen molar-refractivity contribution in [1.82, 2.24) is 15.2 Å². The molecule has 1 unspecified atom stereocenters. The lowest BCUT2D eigenvalue weighted by atomic mass is 9.97. The fourth-order valence-electron chi connectivity index (χ4n) is 5.52. The minimum Gasteiger partial charge on any atom is -0.354 e. The van der Waals surface area contributed by atoms with Crippen molar-refractivity contribution in [2.45, 2.75) is 38.8 Å². The quantitative estimate of drug-likeness (QED) is 0.238. The number of pyridine rings is 1. The van der Waals surface area contributed by atoms with Crippen molar-refractivity contribution in [2.24, 2.45) is 5.92 Å². The molecule has 2 aliphatic rings. The van der Waals surface area contributed by atoms with Gasteiger partial charge in [0.25, 0.3) is 0 Å². The molecule has 4 aromatic rings. The summed E-state index contributed by atoms with van der Waals surface area (Å²) in [6, 6.07) is 18.7. The number of anilines is 2. The van der Waals surface area contributed by atoms with Crippen LogP contribution in [0, 0.1) is 18.7 Å². The highest BCUT2D eigenvalue weighted by molar-refractivity contribution is 6.31. The van der Waals surface area contributed by atoms with E-state index in [1.807, 2.05) is 31.4 Å². The number of nitrogens with zero attached hydrogens (tertiary/aromatic N) is 2. The average molecular weight is 541 g/mol. The zero-order valence-electron chi connectivity index (χ0n) is 22.5. The Kier molecular flexibility index (Phi) is 7.15. The molecule has 2 fully saturated rings. The van der Waals surface area contributed by atoms with Crippen LogP contribution in [0.4, 0.5) is 15.8 Å². The Morgan fingerprint density at radius 3 is 2.56 bits per heavy atom. The van der Waals surface area contributed by atoms with Crippen LogP contribution in [0.3, 0.4) is 0 Å². The molecule has 6 rings (SSSR count). The first-order valence-corrected chi connectivity index (χ1v) is 14.1. The SMILES string of the molecule is C=C(c1cnc2ccc(-c3cc(F)c(C)c(Cl)c3)cc2c1Nc1ccc(CN2CCC(NC)C2)cc1)C1CC1. The Morgan fingerprint density at radius 1 is 1.08 bits per heavy atom. The second-order valence-electron chi connectivity index (χ2n) is 11.0. The van der Waals surface area contributed by atoms with E-state index in [0.717, 1.165) is 77.0 Å². The zero-order valence-corrected chi connectivity index (χ0v) is 23.3. The van der Waals surface area contributed by atoms with Gasteiger partial charge in [0.15, 0.2) is 0 Å². The van der Waals surface area contributed by atoms with Gasteiger partial charge in [-0.15, -0.1) is 0 Å².